The summed E-state index contributed by atoms with van der Waals surface area (Å²) in [7, 11) is -3.32. The van der Waals surface area contributed by atoms with E-state index in [1.54, 1.807) is 18.5 Å². The molecule has 2 heterocycles. The number of rotatable bonds is 4. The summed E-state index contributed by atoms with van der Waals surface area (Å²) in [5.41, 5.74) is 2.84. The Hall–Kier alpha value is -1.88. The number of fused-ring (bicyclic) bond motifs is 1. The van der Waals surface area contributed by atoms with Crippen LogP contribution in [0.15, 0.2) is 48.8 Å². The van der Waals surface area contributed by atoms with Gasteiger partial charge in [0, 0.05) is 18.9 Å². The third-order valence-electron chi connectivity index (χ3n) is 3.90. The van der Waals surface area contributed by atoms with Crippen LogP contribution in [0.1, 0.15) is 24.0 Å². The van der Waals surface area contributed by atoms with Gasteiger partial charge in [-0.1, -0.05) is 37.3 Å². The smallest absolute Gasteiger partial charge is 0.235 e. The molecule has 0 radical (unpaired) electrons. The molecule has 0 bridgehead atoms. The van der Waals surface area contributed by atoms with Crippen molar-refractivity contribution >= 4 is 15.7 Å². The number of nitrogens with zero attached hydrogens (tertiary/aromatic N) is 2. The SMILES string of the molecule is CC(CS(=O)(=O)N1CCc2cnccc21)c1ccccc1. The Labute approximate surface area is 125 Å². The zero-order valence-electron chi connectivity index (χ0n) is 11.9. The quantitative estimate of drug-likeness (QED) is 0.872. The van der Waals surface area contributed by atoms with Gasteiger partial charge in [0.15, 0.2) is 0 Å². The first-order valence-corrected chi connectivity index (χ1v) is 8.67. The fourth-order valence-electron chi connectivity index (χ4n) is 2.77. The van der Waals surface area contributed by atoms with Crippen molar-refractivity contribution in [1.82, 2.24) is 4.98 Å². The van der Waals surface area contributed by atoms with Gasteiger partial charge in [-0.25, -0.2) is 8.42 Å². The van der Waals surface area contributed by atoms with Gasteiger partial charge in [0.2, 0.25) is 10.0 Å². The fraction of sp³-hybridized carbons (Fsp3) is 0.312. The van der Waals surface area contributed by atoms with Gasteiger partial charge in [-0.15, -0.1) is 0 Å². The van der Waals surface area contributed by atoms with Crippen molar-refractivity contribution in [1.29, 1.82) is 0 Å². The van der Waals surface area contributed by atoms with Gasteiger partial charge in [0.1, 0.15) is 0 Å². The topological polar surface area (TPSA) is 50.3 Å². The molecule has 0 saturated carbocycles. The summed E-state index contributed by atoms with van der Waals surface area (Å²) < 4.78 is 26.9. The highest BCUT2D eigenvalue weighted by atomic mass is 32.2. The van der Waals surface area contributed by atoms with Gasteiger partial charge in [-0.05, 0) is 29.5 Å². The van der Waals surface area contributed by atoms with Crippen molar-refractivity contribution in [2.75, 3.05) is 16.6 Å². The normalized spacial score (nSPS) is 15.8. The average Bonchev–Trinajstić information content (AvgIpc) is 2.92. The molecule has 21 heavy (non-hydrogen) atoms. The highest BCUT2D eigenvalue weighted by molar-refractivity contribution is 7.92. The molecule has 1 unspecified atom stereocenters. The van der Waals surface area contributed by atoms with Crippen LogP contribution in [0.2, 0.25) is 0 Å². The summed E-state index contributed by atoms with van der Waals surface area (Å²) in [6.45, 7) is 2.47. The number of hydrogen-bond donors (Lipinski definition) is 0. The van der Waals surface area contributed by atoms with E-state index >= 15 is 0 Å². The van der Waals surface area contributed by atoms with Crippen molar-refractivity contribution in [2.24, 2.45) is 0 Å². The van der Waals surface area contributed by atoms with Crippen molar-refractivity contribution in [3.63, 3.8) is 0 Å². The number of pyridine rings is 1. The first kappa shape index (κ1) is 14.1. The first-order valence-electron chi connectivity index (χ1n) is 7.06. The van der Waals surface area contributed by atoms with Crippen LogP contribution in [0.3, 0.4) is 0 Å². The lowest BCUT2D eigenvalue weighted by Crippen LogP contribution is -2.33. The molecule has 1 aliphatic rings. The molecule has 0 aliphatic carbocycles. The van der Waals surface area contributed by atoms with Crippen molar-refractivity contribution in [2.45, 2.75) is 19.3 Å². The summed E-state index contributed by atoms with van der Waals surface area (Å²) in [4.78, 5) is 4.06. The summed E-state index contributed by atoms with van der Waals surface area (Å²) in [6, 6.07) is 11.6. The van der Waals surface area contributed by atoms with Crippen LogP contribution in [0, 0.1) is 0 Å². The summed E-state index contributed by atoms with van der Waals surface area (Å²) in [6.07, 6.45) is 4.14. The Kier molecular flexibility index (Phi) is 3.68. The molecule has 1 aliphatic heterocycles. The maximum absolute atomic E-state index is 12.7. The van der Waals surface area contributed by atoms with E-state index in [4.69, 9.17) is 0 Å². The number of hydrogen-bond acceptors (Lipinski definition) is 3. The summed E-state index contributed by atoms with van der Waals surface area (Å²) in [5.74, 6) is 0.0979. The van der Waals surface area contributed by atoms with Crippen LogP contribution < -0.4 is 4.31 Å². The fourth-order valence-corrected chi connectivity index (χ4v) is 4.62. The Morgan fingerprint density at radius 3 is 2.76 bits per heavy atom. The van der Waals surface area contributed by atoms with Crippen molar-refractivity contribution in [3.8, 4) is 0 Å². The van der Waals surface area contributed by atoms with E-state index in [-0.39, 0.29) is 11.7 Å². The lowest BCUT2D eigenvalue weighted by atomic mass is 10.0. The van der Waals surface area contributed by atoms with E-state index in [1.807, 2.05) is 37.3 Å². The van der Waals surface area contributed by atoms with Gasteiger partial charge in [-0.2, -0.15) is 0 Å². The third-order valence-corrected chi connectivity index (χ3v) is 5.87. The second-order valence-corrected chi connectivity index (χ2v) is 7.35. The Morgan fingerprint density at radius 2 is 2.00 bits per heavy atom. The molecule has 5 heteroatoms. The van der Waals surface area contributed by atoms with Crippen LogP contribution in [-0.2, 0) is 16.4 Å². The number of anilines is 1. The number of benzene rings is 1. The molecule has 1 atom stereocenters. The molecular formula is C16H18N2O2S. The van der Waals surface area contributed by atoms with Crippen LogP contribution in [-0.4, -0.2) is 25.7 Å². The minimum atomic E-state index is -3.32. The first-order chi connectivity index (χ1) is 10.1. The van der Waals surface area contributed by atoms with Gasteiger partial charge in [0.25, 0.3) is 0 Å². The molecule has 0 spiro atoms. The van der Waals surface area contributed by atoms with Crippen molar-refractivity contribution in [3.05, 3.63) is 59.9 Å². The second kappa shape index (κ2) is 5.48. The molecule has 0 amide bonds. The molecule has 1 aromatic carbocycles. The van der Waals surface area contributed by atoms with Gasteiger partial charge in [0.05, 0.1) is 11.4 Å². The van der Waals surface area contributed by atoms with Gasteiger partial charge >= 0.3 is 0 Å². The Morgan fingerprint density at radius 1 is 1.24 bits per heavy atom. The van der Waals surface area contributed by atoms with E-state index in [0.29, 0.717) is 6.54 Å². The highest BCUT2D eigenvalue weighted by Crippen LogP contribution is 2.31. The molecule has 0 N–H and O–H groups in total. The van der Waals surface area contributed by atoms with Gasteiger partial charge in [-0.3, -0.25) is 9.29 Å². The summed E-state index contributed by atoms with van der Waals surface area (Å²) >= 11 is 0. The molecule has 3 rings (SSSR count). The van der Waals surface area contributed by atoms with E-state index < -0.39 is 10.0 Å². The zero-order valence-corrected chi connectivity index (χ0v) is 12.8. The Bertz CT molecular complexity index is 729. The van der Waals surface area contributed by atoms with Crippen LogP contribution in [0.4, 0.5) is 5.69 Å². The van der Waals surface area contributed by atoms with Crippen molar-refractivity contribution < 1.29 is 8.42 Å². The predicted molar refractivity (Wildman–Crippen MR) is 83.9 cm³/mol. The van der Waals surface area contributed by atoms with Crippen LogP contribution in [0.25, 0.3) is 0 Å². The second-order valence-electron chi connectivity index (χ2n) is 5.42. The molecule has 2 aromatic rings. The van der Waals surface area contributed by atoms with Crippen LogP contribution in [0.5, 0.6) is 0 Å². The maximum atomic E-state index is 12.7. The number of sulfonamides is 1. The molecule has 110 valence electrons. The van der Waals surface area contributed by atoms with E-state index in [0.717, 1.165) is 23.2 Å². The predicted octanol–water partition coefficient (Wildman–Crippen LogP) is 2.58. The maximum Gasteiger partial charge on any atom is 0.235 e. The van der Waals surface area contributed by atoms with E-state index in [2.05, 4.69) is 4.98 Å². The lowest BCUT2D eigenvalue weighted by molar-refractivity contribution is 0.587. The van der Waals surface area contributed by atoms with E-state index in [9.17, 15) is 8.42 Å². The molecule has 4 nitrogen and oxygen atoms in total. The lowest BCUT2D eigenvalue weighted by Gasteiger charge is -2.22. The molecule has 0 saturated heterocycles. The zero-order chi connectivity index (χ0) is 14.9. The standard InChI is InChI=1S/C16H18N2O2S/c1-13(14-5-3-2-4-6-14)12-21(19,20)18-10-8-15-11-17-9-7-16(15)18/h2-7,9,11,13H,8,10,12H2,1H3. The minimum Gasteiger partial charge on any atom is -0.270 e. The Balaban J connectivity index is 1.83. The summed E-state index contributed by atoms with van der Waals surface area (Å²) in [5, 5.41) is 0. The monoisotopic (exact) mass is 302 g/mol. The molecular weight excluding hydrogens is 284 g/mol. The van der Waals surface area contributed by atoms with E-state index in [1.165, 1.54) is 4.31 Å². The average molecular weight is 302 g/mol. The highest BCUT2D eigenvalue weighted by Gasteiger charge is 2.30. The molecule has 1 aromatic heterocycles. The largest absolute Gasteiger partial charge is 0.270 e. The third kappa shape index (κ3) is 2.78. The minimum absolute atomic E-state index is 0.0258. The number of aromatic nitrogens is 1. The molecule has 0 fully saturated rings. The van der Waals surface area contributed by atoms with Gasteiger partial charge < -0.3 is 0 Å². The van der Waals surface area contributed by atoms with Crippen LogP contribution >= 0.6 is 0 Å².